The van der Waals surface area contributed by atoms with Crippen molar-refractivity contribution in [2.45, 2.75) is 39.2 Å². The van der Waals surface area contributed by atoms with Gasteiger partial charge in [0.1, 0.15) is 12.4 Å². The van der Waals surface area contributed by atoms with E-state index in [1.165, 1.54) is 5.56 Å². The average molecular weight is 427 g/mol. The molecule has 1 fully saturated rings. The molecule has 0 aromatic heterocycles. The first-order chi connectivity index (χ1) is 14.0. The van der Waals surface area contributed by atoms with Crippen molar-refractivity contribution in [3.05, 3.63) is 29.8 Å². The fraction of sp³-hybridized carbons (Fsp3) is 0.650. The minimum Gasteiger partial charge on any atom is -0.492 e. The van der Waals surface area contributed by atoms with E-state index in [1.54, 1.807) is 0 Å². The van der Waals surface area contributed by atoms with E-state index >= 15 is 0 Å². The molecule has 1 unspecified atom stereocenters. The molecule has 1 heterocycles. The summed E-state index contributed by atoms with van der Waals surface area (Å²) in [5, 5.41) is 6.26. The minimum atomic E-state index is -3.37. The Morgan fingerprint density at radius 3 is 2.72 bits per heavy atom. The first-order valence-corrected chi connectivity index (χ1v) is 11.9. The Kier molecular flexibility index (Phi) is 10.2. The zero-order valence-electron chi connectivity index (χ0n) is 17.4. The summed E-state index contributed by atoms with van der Waals surface area (Å²) >= 11 is 0. The Balaban J connectivity index is 1.68. The van der Waals surface area contributed by atoms with Gasteiger partial charge in [0.15, 0.2) is 5.96 Å². The van der Waals surface area contributed by atoms with Gasteiger partial charge in [-0.3, -0.25) is 4.99 Å². The zero-order chi connectivity index (χ0) is 21.0. The summed E-state index contributed by atoms with van der Waals surface area (Å²) in [6.45, 7) is 6.94. The topological polar surface area (TPSA) is 101 Å². The Hall–Kier alpha value is -1.84. The third-order valence-corrected chi connectivity index (χ3v) is 5.79. The lowest BCUT2D eigenvalue weighted by atomic mass is 10.1. The van der Waals surface area contributed by atoms with Crippen LogP contribution in [0.5, 0.6) is 5.75 Å². The van der Waals surface area contributed by atoms with Crippen LogP contribution in [-0.4, -0.2) is 65.6 Å². The summed E-state index contributed by atoms with van der Waals surface area (Å²) in [7, 11) is -3.37. The van der Waals surface area contributed by atoms with E-state index in [2.05, 4.69) is 20.3 Å². The number of nitrogens with zero attached hydrogens (tertiary/aromatic N) is 1. The summed E-state index contributed by atoms with van der Waals surface area (Å²) in [6.07, 6.45) is 3.02. The zero-order valence-corrected chi connectivity index (χ0v) is 18.3. The van der Waals surface area contributed by atoms with Gasteiger partial charge in [-0.1, -0.05) is 17.7 Å². The summed E-state index contributed by atoms with van der Waals surface area (Å²) in [6, 6.07) is 7.88. The second-order valence-electron chi connectivity index (χ2n) is 7.00. The van der Waals surface area contributed by atoms with Gasteiger partial charge in [-0.2, -0.15) is 0 Å². The van der Waals surface area contributed by atoms with E-state index in [-0.39, 0.29) is 18.4 Å². The van der Waals surface area contributed by atoms with Crippen molar-refractivity contribution in [2.75, 3.05) is 45.1 Å². The maximum Gasteiger partial charge on any atom is 0.213 e. The van der Waals surface area contributed by atoms with Crippen molar-refractivity contribution in [1.29, 1.82) is 0 Å². The van der Waals surface area contributed by atoms with Crippen LogP contribution in [0.15, 0.2) is 29.3 Å². The summed E-state index contributed by atoms with van der Waals surface area (Å²) in [5.74, 6) is 1.33. The molecule has 0 aliphatic carbocycles. The fourth-order valence-electron chi connectivity index (χ4n) is 2.85. The number of nitrogens with one attached hydrogen (secondary N) is 3. The van der Waals surface area contributed by atoms with Gasteiger partial charge >= 0.3 is 0 Å². The standard InChI is InChI=1S/C20H34N4O4S/c1-3-21-20(22-11-14-28-18-9-7-17(2)8-10-18)23-12-15-29(25,26)24-16-19-6-4-5-13-27-19/h7-10,19,24H,3-6,11-16H2,1-2H3,(H2,21,22,23). The molecule has 1 saturated heterocycles. The molecule has 1 aromatic rings. The molecule has 1 aliphatic rings. The third kappa shape index (κ3) is 9.96. The number of benzene rings is 1. The molecule has 3 N–H and O–H groups in total. The first-order valence-electron chi connectivity index (χ1n) is 10.3. The van der Waals surface area contributed by atoms with Crippen LogP contribution in [0.2, 0.25) is 0 Å². The van der Waals surface area contributed by atoms with E-state index in [1.807, 2.05) is 38.1 Å². The van der Waals surface area contributed by atoms with E-state index in [4.69, 9.17) is 9.47 Å². The lowest BCUT2D eigenvalue weighted by Gasteiger charge is -2.22. The maximum absolute atomic E-state index is 12.2. The predicted molar refractivity (Wildman–Crippen MR) is 116 cm³/mol. The second kappa shape index (κ2) is 12.7. The highest BCUT2D eigenvalue weighted by molar-refractivity contribution is 7.89. The van der Waals surface area contributed by atoms with Gasteiger partial charge in [0, 0.05) is 19.7 Å². The smallest absolute Gasteiger partial charge is 0.213 e. The fourth-order valence-corrected chi connectivity index (χ4v) is 3.77. The lowest BCUT2D eigenvalue weighted by Crippen LogP contribution is -2.40. The molecule has 1 aliphatic heterocycles. The monoisotopic (exact) mass is 426 g/mol. The molecule has 2 rings (SSSR count). The Bertz CT molecular complexity index is 717. The van der Waals surface area contributed by atoms with Gasteiger partial charge in [0.2, 0.25) is 10.0 Å². The van der Waals surface area contributed by atoms with E-state index in [9.17, 15) is 8.42 Å². The lowest BCUT2D eigenvalue weighted by molar-refractivity contribution is 0.0200. The van der Waals surface area contributed by atoms with Crippen molar-refractivity contribution in [3.63, 3.8) is 0 Å². The number of aryl methyl sites for hydroxylation is 1. The maximum atomic E-state index is 12.2. The average Bonchev–Trinajstić information content (AvgIpc) is 2.72. The molecule has 164 valence electrons. The highest BCUT2D eigenvalue weighted by atomic mass is 32.2. The van der Waals surface area contributed by atoms with Crippen LogP contribution in [0.4, 0.5) is 0 Å². The molecule has 0 saturated carbocycles. The highest BCUT2D eigenvalue weighted by Crippen LogP contribution is 2.12. The first kappa shape index (κ1) is 23.4. The van der Waals surface area contributed by atoms with Gasteiger partial charge in [-0.15, -0.1) is 0 Å². The van der Waals surface area contributed by atoms with Gasteiger partial charge in [-0.25, -0.2) is 13.1 Å². The second-order valence-corrected chi connectivity index (χ2v) is 8.93. The van der Waals surface area contributed by atoms with Crippen molar-refractivity contribution < 1.29 is 17.9 Å². The van der Waals surface area contributed by atoms with E-state index in [0.29, 0.717) is 38.8 Å². The van der Waals surface area contributed by atoms with Gasteiger partial charge in [-0.05, 0) is 45.2 Å². The van der Waals surface area contributed by atoms with Crippen LogP contribution in [0.3, 0.4) is 0 Å². The highest BCUT2D eigenvalue weighted by Gasteiger charge is 2.17. The number of guanidine groups is 1. The quantitative estimate of drug-likeness (QED) is 0.281. The molecule has 0 spiro atoms. The third-order valence-electron chi connectivity index (χ3n) is 4.46. The van der Waals surface area contributed by atoms with E-state index in [0.717, 1.165) is 25.0 Å². The molecule has 1 atom stereocenters. The molecule has 0 radical (unpaired) electrons. The Morgan fingerprint density at radius 1 is 1.24 bits per heavy atom. The van der Waals surface area contributed by atoms with Crippen LogP contribution in [0, 0.1) is 6.92 Å². The van der Waals surface area contributed by atoms with Crippen molar-refractivity contribution in [1.82, 2.24) is 15.4 Å². The molecular formula is C20H34N4O4S. The molecule has 29 heavy (non-hydrogen) atoms. The van der Waals surface area contributed by atoms with Crippen LogP contribution >= 0.6 is 0 Å². The van der Waals surface area contributed by atoms with Gasteiger partial charge in [0.25, 0.3) is 0 Å². The number of ether oxygens (including phenoxy) is 2. The van der Waals surface area contributed by atoms with Crippen molar-refractivity contribution in [3.8, 4) is 5.75 Å². The predicted octanol–water partition coefficient (Wildman–Crippen LogP) is 1.42. The van der Waals surface area contributed by atoms with E-state index < -0.39 is 10.0 Å². The summed E-state index contributed by atoms with van der Waals surface area (Å²) < 4.78 is 38.2. The number of hydrogen-bond acceptors (Lipinski definition) is 5. The number of aliphatic imine (C=N–C) groups is 1. The summed E-state index contributed by atoms with van der Waals surface area (Å²) in [4.78, 5) is 4.34. The Labute approximate surface area is 174 Å². The molecule has 8 nitrogen and oxygen atoms in total. The van der Waals surface area contributed by atoms with Crippen LogP contribution in [0.1, 0.15) is 31.7 Å². The van der Waals surface area contributed by atoms with Gasteiger partial charge < -0.3 is 20.1 Å². The minimum absolute atomic E-state index is 0.0189. The van der Waals surface area contributed by atoms with Crippen molar-refractivity contribution in [2.24, 2.45) is 4.99 Å². The molecule has 0 bridgehead atoms. The van der Waals surface area contributed by atoms with Crippen LogP contribution in [0.25, 0.3) is 0 Å². The number of hydrogen-bond donors (Lipinski definition) is 3. The van der Waals surface area contributed by atoms with Crippen molar-refractivity contribution >= 4 is 16.0 Å². The summed E-state index contributed by atoms with van der Waals surface area (Å²) in [5.41, 5.74) is 1.19. The number of rotatable bonds is 11. The normalized spacial score (nSPS) is 17.7. The largest absolute Gasteiger partial charge is 0.492 e. The molecular weight excluding hydrogens is 392 g/mol. The molecule has 9 heteroatoms. The van der Waals surface area contributed by atoms with Crippen LogP contribution in [-0.2, 0) is 14.8 Å². The SMILES string of the molecule is CCNC(=NCCS(=O)(=O)NCC1CCCCO1)NCCOc1ccc(C)cc1. The Morgan fingerprint density at radius 2 is 2.03 bits per heavy atom. The number of sulfonamides is 1. The van der Waals surface area contributed by atoms with Crippen LogP contribution < -0.4 is 20.1 Å². The van der Waals surface area contributed by atoms with Gasteiger partial charge in [0.05, 0.1) is 24.9 Å². The molecule has 1 aromatic carbocycles. The molecule has 0 amide bonds.